The molecule has 3 rings (SSSR count). The molecule has 1 fully saturated rings. The van der Waals surface area contributed by atoms with Crippen LogP contribution >= 0.6 is 11.8 Å². The van der Waals surface area contributed by atoms with E-state index in [1.165, 1.54) is 6.07 Å². The number of rotatable bonds is 1. The molecule has 2 nitrogen and oxygen atoms in total. The second-order valence-electron chi connectivity index (χ2n) is 4.59. The molecule has 0 unspecified atom stereocenters. The Labute approximate surface area is 104 Å². The summed E-state index contributed by atoms with van der Waals surface area (Å²) in [6, 6.07) is 6.91. The number of hydrogen-bond donors (Lipinski definition) is 0. The molecule has 4 heteroatoms. The highest BCUT2D eigenvalue weighted by Crippen LogP contribution is 2.46. The Hall–Kier alpha value is -0.870. The van der Waals surface area contributed by atoms with Gasteiger partial charge in [0.2, 0.25) is 0 Å². The Balaban J connectivity index is 2.13. The highest BCUT2D eigenvalue weighted by Gasteiger charge is 2.51. The summed E-state index contributed by atoms with van der Waals surface area (Å²) in [5.41, 5.74) is 2.01. The molecular formula is C13H14FNOS. The van der Waals surface area contributed by atoms with Crippen molar-refractivity contribution in [1.29, 1.82) is 0 Å². The molecule has 2 aliphatic heterocycles. The largest absolute Gasteiger partial charge is 0.375 e. The van der Waals surface area contributed by atoms with Gasteiger partial charge in [0, 0.05) is 17.2 Å². The van der Waals surface area contributed by atoms with Crippen molar-refractivity contribution in [3.8, 4) is 0 Å². The third-order valence-electron chi connectivity index (χ3n) is 3.72. The maximum absolute atomic E-state index is 14.0. The molecule has 0 aliphatic carbocycles. The number of ether oxygens (including phenoxy) is 1. The van der Waals surface area contributed by atoms with Crippen molar-refractivity contribution in [3.63, 3.8) is 0 Å². The summed E-state index contributed by atoms with van der Waals surface area (Å²) >= 11 is 1.68. The molecule has 0 saturated carbocycles. The lowest BCUT2D eigenvalue weighted by Gasteiger charge is -2.34. The van der Waals surface area contributed by atoms with Gasteiger partial charge in [-0.2, -0.15) is 0 Å². The zero-order chi connectivity index (χ0) is 11.9. The van der Waals surface area contributed by atoms with Gasteiger partial charge in [-0.25, -0.2) is 4.39 Å². The molecule has 0 bridgehead atoms. The van der Waals surface area contributed by atoms with E-state index in [2.05, 4.69) is 11.9 Å². The molecule has 0 spiro atoms. The van der Waals surface area contributed by atoms with E-state index in [4.69, 9.17) is 4.74 Å². The molecule has 0 amide bonds. The number of nitrogens with zero attached hydrogens (tertiary/aromatic N) is 1. The third-order valence-corrected chi connectivity index (χ3v) is 4.53. The fourth-order valence-corrected chi connectivity index (χ4v) is 3.82. The van der Waals surface area contributed by atoms with Gasteiger partial charge in [-0.3, -0.25) is 4.99 Å². The van der Waals surface area contributed by atoms with Gasteiger partial charge in [0.25, 0.3) is 0 Å². The van der Waals surface area contributed by atoms with Gasteiger partial charge >= 0.3 is 0 Å². The number of aliphatic imine (C=N–C) groups is 1. The normalized spacial score (nSPS) is 35.9. The molecule has 2 heterocycles. The Morgan fingerprint density at radius 2 is 2.29 bits per heavy atom. The second-order valence-corrected chi connectivity index (χ2v) is 5.47. The molecule has 2 aliphatic rings. The average molecular weight is 251 g/mol. The standard InChI is InChI=1S/C13H14FNOS/c1-9-11-6-17-8-15-13(11,7-16-9)10-4-2-3-5-12(10)14/h2-5,8-9,11H,6-7H2,1H3/t9-,11-,13-/m1/s1. The predicted octanol–water partition coefficient (Wildman–Crippen LogP) is 2.83. The first-order chi connectivity index (χ1) is 8.24. The van der Waals surface area contributed by atoms with Crippen molar-refractivity contribution >= 4 is 17.3 Å². The van der Waals surface area contributed by atoms with Gasteiger partial charge in [0.05, 0.1) is 18.3 Å². The summed E-state index contributed by atoms with van der Waals surface area (Å²) in [7, 11) is 0. The summed E-state index contributed by atoms with van der Waals surface area (Å²) in [5.74, 6) is 1.02. The molecule has 90 valence electrons. The Kier molecular flexibility index (Phi) is 2.71. The average Bonchev–Trinajstić information content (AvgIpc) is 2.69. The maximum atomic E-state index is 14.0. The molecule has 1 saturated heterocycles. The molecule has 1 aromatic rings. The number of thioether (sulfide) groups is 1. The van der Waals surface area contributed by atoms with Crippen LogP contribution in [-0.4, -0.2) is 24.0 Å². The molecule has 0 N–H and O–H groups in total. The Morgan fingerprint density at radius 1 is 1.47 bits per heavy atom. The summed E-state index contributed by atoms with van der Waals surface area (Å²) in [5, 5.41) is 0. The fraction of sp³-hybridized carbons (Fsp3) is 0.462. The van der Waals surface area contributed by atoms with Crippen LogP contribution in [-0.2, 0) is 10.3 Å². The number of benzene rings is 1. The van der Waals surface area contributed by atoms with Crippen molar-refractivity contribution in [2.75, 3.05) is 12.4 Å². The van der Waals surface area contributed by atoms with E-state index in [1.54, 1.807) is 17.8 Å². The first-order valence-electron chi connectivity index (χ1n) is 5.76. The topological polar surface area (TPSA) is 21.6 Å². The lowest BCUT2D eigenvalue weighted by molar-refractivity contribution is 0.107. The Bertz CT molecular complexity index is 464. The van der Waals surface area contributed by atoms with E-state index in [9.17, 15) is 4.39 Å². The van der Waals surface area contributed by atoms with Crippen LogP contribution in [0.1, 0.15) is 12.5 Å². The van der Waals surface area contributed by atoms with Crippen LogP contribution in [0.2, 0.25) is 0 Å². The van der Waals surface area contributed by atoms with E-state index >= 15 is 0 Å². The molecular weight excluding hydrogens is 237 g/mol. The van der Waals surface area contributed by atoms with Crippen LogP contribution in [0.4, 0.5) is 4.39 Å². The van der Waals surface area contributed by atoms with Crippen molar-refractivity contribution in [3.05, 3.63) is 35.6 Å². The molecule has 0 radical (unpaired) electrons. The summed E-state index contributed by atoms with van der Waals surface area (Å²) < 4.78 is 19.7. The molecule has 0 aromatic heterocycles. The number of fused-ring (bicyclic) bond motifs is 1. The van der Waals surface area contributed by atoms with Crippen molar-refractivity contribution in [1.82, 2.24) is 0 Å². The number of hydrogen-bond acceptors (Lipinski definition) is 3. The summed E-state index contributed by atoms with van der Waals surface area (Å²) in [4.78, 5) is 4.58. The van der Waals surface area contributed by atoms with Crippen LogP contribution in [0.15, 0.2) is 29.3 Å². The summed E-state index contributed by atoms with van der Waals surface area (Å²) in [6.07, 6.45) is 0.138. The van der Waals surface area contributed by atoms with E-state index in [0.717, 1.165) is 5.75 Å². The van der Waals surface area contributed by atoms with Crippen molar-refractivity contribution in [2.24, 2.45) is 10.9 Å². The summed E-state index contributed by atoms with van der Waals surface area (Å²) in [6.45, 7) is 2.53. The van der Waals surface area contributed by atoms with Gasteiger partial charge in [-0.05, 0) is 13.0 Å². The lowest BCUT2D eigenvalue weighted by atomic mass is 9.79. The maximum Gasteiger partial charge on any atom is 0.128 e. The van der Waals surface area contributed by atoms with Crippen LogP contribution in [0.25, 0.3) is 0 Å². The molecule has 3 atom stereocenters. The van der Waals surface area contributed by atoms with E-state index in [1.807, 2.05) is 17.7 Å². The third kappa shape index (κ3) is 1.62. The molecule has 17 heavy (non-hydrogen) atoms. The van der Waals surface area contributed by atoms with Crippen LogP contribution in [0.5, 0.6) is 0 Å². The fourth-order valence-electron chi connectivity index (χ4n) is 2.71. The van der Waals surface area contributed by atoms with Gasteiger partial charge in [0.15, 0.2) is 0 Å². The monoisotopic (exact) mass is 251 g/mol. The minimum Gasteiger partial charge on any atom is -0.375 e. The highest BCUT2D eigenvalue weighted by molar-refractivity contribution is 8.12. The highest BCUT2D eigenvalue weighted by atomic mass is 32.2. The van der Waals surface area contributed by atoms with E-state index < -0.39 is 5.54 Å². The zero-order valence-corrected chi connectivity index (χ0v) is 10.4. The van der Waals surface area contributed by atoms with E-state index in [-0.39, 0.29) is 17.8 Å². The van der Waals surface area contributed by atoms with Crippen LogP contribution in [0, 0.1) is 11.7 Å². The van der Waals surface area contributed by atoms with E-state index in [0.29, 0.717) is 12.2 Å². The molecule has 1 aromatic carbocycles. The first kappa shape index (κ1) is 11.2. The minimum absolute atomic E-state index is 0.138. The van der Waals surface area contributed by atoms with Gasteiger partial charge in [0.1, 0.15) is 11.4 Å². The quantitative estimate of drug-likeness (QED) is 0.765. The van der Waals surface area contributed by atoms with Gasteiger partial charge < -0.3 is 4.74 Å². The van der Waals surface area contributed by atoms with Crippen LogP contribution in [0.3, 0.4) is 0 Å². The predicted molar refractivity (Wildman–Crippen MR) is 67.9 cm³/mol. The smallest absolute Gasteiger partial charge is 0.128 e. The number of halogens is 1. The van der Waals surface area contributed by atoms with Crippen molar-refractivity contribution in [2.45, 2.75) is 18.6 Å². The zero-order valence-electron chi connectivity index (χ0n) is 9.60. The van der Waals surface area contributed by atoms with Gasteiger partial charge in [-0.1, -0.05) is 18.2 Å². The lowest BCUT2D eigenvalue weighted by Crippen LogP contribution is -2.38. The second kappa shape index (κ2) is 4.10. The van der Waals surface area contributed by atoms with Crippen molar-refractivity contribution < 1.29 is 9.13 Å². The van der Waals surface area contributed by atoms with Gasteiger partial charge in [-0.15, -0.1) is 11.8 Å². The van der Waals surface area contributed by atoms with Crippen LogP contribution < -0.4 is 0 Å². The minimum atomic E-state index is -0.504. The SMILES string of the molecule is C[C@H]1OC[C@]2(c3ccccc3F)N=CSC[C@H]12. The Morgan fingerprint density at radius 3 is 3.12 bits per heavy atom. The first-order valence-corrected chi connectivity index (χ1v) is 6.81.